The molecular formula is C12H20N2O2. The molecule has 1 N–H and O–H groups in total. The second-order valence-electron chi connectivity index (χ2n) is 4.47. The van der Waals surface area contributed by atoms with Crippen LogP contribution in [0.2, 0.25) is 0 Å². The maximum Gasteiger partial charge on any atom is 0.243 e. The Hall–Kier alpha value is -1.32. The van der Waals surface area contributed by atoms with Gasteiger partial charge in [0, 0.05) is 25.0 Å². The van der Waals surface area contributed by atoms with Crippen LogP contribution in [-0.4, -0.2) is 35.8 Å². The van der Waals surface area contributed by atoms with E-state index in [9.17, 15) is 9.59 Å². The van der Waals surface area contributed by atoms with Gasteiger partial charge in [0.25, 0.3) is 0 Å². The number of carbonyl (C=O) groups excluding carboxylic acids is 2. The molecule has 4 nitrogen and oxygen atoms in total. The molecule has 0 aliphatic carbocycles. The largest absolute Gasteiger partial charge is 0.350 e. The van der Waals surface area contributed by atoms with E-state index in [0.29, 0.717) is 0 Å². The number of hydrogen-bond donors (Lipinski definition) is 1. The van der Waals surface area contributed by atoms with Gasteiger partial charge in [-0.3, -0.25) is 9.59 Å². The molecule has 0 aromatic carbocycles. The van der Waals surface area contributed by atoms with E-state index in [-0.39, 0.29) is 23.8 Å². The molecule has 1 aliphatic rings. The summed E-state index contributed by atoms with van der Waals surface area (Å²) in [5.41, 5.74) is 0. The van der Waals surface area contributed by atoms with Crippen LogP contribution in [0.1, 0.15) is 26.7 Å². The Labute approximate surface area is 96.7 Å². The van der Waals surface area contributed by atoms with Crippen LogP contribution in [0.15, 0.2) is 12.7 Å². The van der Waals surface area contributed by atoms with E-state index < -0.39 is 0 Å². The minimum absolute atomic E-state index is 0.0549. The first-order chi connectivity index (χ1) is 7.54. The van der Waals surface area contributed by atoms with Crippen LogP contribution in [-0.2, 0) is 9.59 Å². The van der Waals surface area contributed by atoms with Crippen molar-refractivity contribution in [3.63, 3.8) is 0 Å². The molecule has 0 unspecified atom stereocenters. The lowest BCUT2D eigenvalue weighted by Crippen LogP contribution is -2.47. The number of nitrogens with zero attached hydrogens (tertiary/aromatic N) is 1. The zero-order valence-corrected chi connectivity index (χ0v) is 10.0. The lowest BCUT2D eigenvalue weighted by molar-refractivity contribution is -0.135. The van der Waals surface area contributed by atoms with Gasteiger partial charge >= 0.3 is 0 Å². The van der Waals surface area contributed by atoms with Crippen molar-refractivity contribution in [3.8, 4) is 0 Å². The van der Waals surface area contributed by atoms with Crippen molar-refractivity contribution in [2.45, 2.75) is 32.7 Å². The van der Waals surface area contributed by atoms with Gasteiger partial charge in [-0.15, -0.1) is 0 Å². The fourth-order valence-corrected chi connectivity index (χ4v) is 1.87. The minimum Gasteiger partial charge on any atom is -0.350 e. The van der Waals surface area contributed by atoms with Crippen LogP contribution in [0.3, 0.4) is 0 Å². The highest BCUT2D eigenvalue weighted by atomic mass is 16.2. The van der Waals surface area contributed by atoms with Gasteiger partial charge in [-0.05, 0) is 18.9 Å². The molecule has 1 saturated heterocycles. The van der Waals surface area contributed by atoms with E-state index in [0.717, 1.165) is 25.9 Å². The molecule has 16 heavy (non-hydrogen) atoms. The quantitative estimate of drug-likeness (QED) is 0.725. The highest BCUT2D eigenvalue weighted by Crippen LogP contribution is 2.13. The average molecular weight is 224 g/mol. The maximum absolute atomic E-state index is 11.7. The van der Waals surface area contributed by atoms with Crippen LogP contribution in [0.4, 0.5) is 0 Å². The van der Waals surface area contributed by atoms with Crippen molar-refractivity contribution in [1.29, 1.82) is 0 Å². The van der Waals surface area contributed by atoms with Gasteiger partial charge in [0.05, 0.1) is 0 Å². The van der Waals surface area contributed by atoms with Gasteiger partial charge in [-0.25, -0.2) is 0 Å². The van der Waals surface area contributed by atoms with Crippen molar-refractivity contribution >= 4 is 11.8 Å². The molecule has 0 spiro atoms. The molecule has 2 amide bonds. The first-order valence-corrected chi connectivity index (χ1v) is 5.76. The van der Waals surface area contributed by atoms with E-state index in [2.05, 4.69) is 11.9 Å². The number of nitrogens with one attached hydrogen (secondary N) is 1. The molecule has 0 saturated carbocycles. The van der Waals surface area contributed by atoms with Crippen LogP contribution in [0.5, 0.6) is 0 Å². The molecule has 0 atom stereocenters. The topological polar surface area (TPSA) is 49.4 Å². The summed E-state index contributed by atoms with van der Waals surface area (Å²) in [6.07, 6.45) is 2.95. The molecule has 1 aliphatic heterocycles. The number of carbonyl (C=O) groups is 2. The maximum atomic E-state index is 11.7. The monoisotopic (exact) mass is 224 g/mol. The van der Waals surface area contributed by atoms with Gasteiger partial charge in [0.1, 0.15) is 0 Å². The third kappa shape index (κ3) is 3.36. The van der Waals surface area contributed by atoms with Crippen LogP contribution < -0.4 is 5.32 Å². The molecule has 0 radical (unpaired) electrons. The summed E-state index contributed by atoms with van der Waals surface area (Å²) in [6, 6.07) is 0.182. The Balaban J connectivity index is 2.36. The molecule has 4 heteroatoms. The molecular weight excluding hydrogens is 204 g/mol. The summed E-state index contributed by atoms with van der Waals surface area (Å²) in [5.74, 6) is 0.126. The summed E-state index contributed by atoms with van der Waals surface area (Å²) in [4.78, 5) is 24.7. The molecule has 0 aromatic heterocycles. The van der Waals surface area contributed by atoms with Gasteiger partial charge < -0.3 is 10.2 Å². The van der Waals surface area contributed by atoms with Crippen molar-refractivity contribution in [2.24, 2.45) is 5.92 Å². The third-order valence-electron chi connectivity index (χ3n) is 2.83. The predicted octanol–water partition coefficient (Wildman–Crippen LogP) is 0.936. The lowest BCUT2D eigenvalue weighted by Gasteiger charge is -2.33. The summed E-state index contributed by atoms with van der Waals surface area (Å²) in [5, 5.41) is 2.86. The minimum atomic E-state index is -0.131. The zero-order valence-electron chi connectivity index (χ0n) is 10.0. The number of piperidine rings is 1. The number of amides is 2. The number of likely N-dealkylation sites (tertiary alicyclic amines) is 1. The summed E-state index contributed by atoms with van der Waals surface area (Å²) in [6.45, 7) is 8.71. The highest BCUT2D eigenvalue weighted by molar-refractivity contribution is 5.87. The Bertz CT molecular complexity index is 279. The molecule has 1 fully saturated rings. The zero-order chi connectivity index (χ0) is 12.1. The van der Waals surface area contributed by atoms with Crippen molar-refractivity contribution in [1.82, 2.24) is 10.2 Å². The summed E-state index contributed by atoms with van der Waals surface area (Å²) < 4.78 is 0. The average Bonchev–Trinajstić information content (AvgIpc) is 2.28. The second kappa shape index (κ2) is 5.68. The van der Waals surface area contributed by atoms with Crippen LogP contribution >= 0.6 is 0 Å². The smallest absolute Gasteiger partial charge is 0.243 e. The molecule has 90 valence electrons. The van der Waals surface area contributed by atoms with Crippen LogP contribution in [0, 0.1) is 5.92 Å². The SMILES string of the molecule is C=CC(=O)NC1CCN(C(=O)C(C)C)CC1. The fourth-order valence-electron chi connectivity index (χ4n) is 1.87. The van der Waals surface area contributed by atoms with E-state index in [1.165, 1.54) is 6.08 Å². The second-order valence-corrected chi connectivity index (χ2v) is 4.47. The first-order valence-electron chi connectivity index (χ1n) is 5.76. The standard InChI is InChI=1S/C12H20N2O2/c1-4-11(15)13-10-5-7-14(8-6-10)12(16)9(2)3/h4,9-10H,1,5-8H2,2-3H3,(H,13,15). The van der Waals surface area contributed by atoms with Gasteiger partial charge in [0.2, 0.25) is 11.8 Å². The summed E-state index contributed by atoms with van der Waals surface area (Å²) >= 11 is 0. The van der Waals surface area contributed by atoms with Gasteiger partial charge in [-0.1, -0.05) is 20.4 Å². The van der Waals surface area contributed by atoms with E-state index in [1.54, 1.807) is 0 Å². The fraction of sp³-hybridized carbons (Fsp3) is 0.667. The molecule has 1 heterocycles. The van der Waals surface area contributed by atoms with E-state index in [1.807, 2.05) is 18.7 Å². The van der Waals surface area contributed by atoms with Gasteiger partial charge in [-0.2, -0.15) is 0 Å². The first kappa shape index (κ1) is 12.7. The normalized spacial score (nSPS) is 17.3. The van der Waals surface area contributed by atoms with Crippen molar-refractivity contribution in [2.75, 3.05) is 13.1 Å². The van der Waals surface area contributed by atoms with Crippen molar-refractivity contribution in [3.05, 3.63) is 12.7 Å². The molecule has 0 bridgehead atoms. The molecule has 1 rings (SSSR count). The number of rotatable bonds is 3. The lowest BCUT2D eigenvalue weighted by atomic mass is 10.0. The van der Waals surface area contributed by atoms with E-state index >= 15 is 0 Å². The Morgan fingerprint density at radius 1 is 1.38 bits per heavy atom. The van der Waals surface area contributed by atoms with Crippen molar-refractivity contribution < 1.29 is 9.59 Å². The Kier molecular flexibility index (Phi) is 4.52. The number of hydrogen-bond acceptors (Lipinski definition) is 2. The Morgan fingerprint density at radius 2 is 1.94 bits per heavy atom. The molecule has 0 aromatic rings. The third-order valence-corrected chi connectivity index (χ3v) is 2.83. The van der Waals surface area contributed by atoms with Gasteiger partial charge in [0.15, 0.2) is 0 Å². The summed E-state index contributed by atoms with van der Waals surface area (Å²) in [7, 11) is 0. The highest BCUT2D eigenvalue weighted by Gasteiger charge is 2.24. The van der Waals surface area contributed by atoms with E-state index in [4.69, 9.17) is 0 Å². The predicted molar refractivity (Wildman–Crippen MR) is 62.8 cm³/mol. The van der Waals surface area contributed by atoms with Crippen LogP contribution in [0.25, 0.3) is 0 Å². The Morgan fingerprint density at radius 3 is 2.38 bits per heavy atom.